The normalized spacial score (nSPS) is 27.5. The van der Waals surface area contributed by atoms with Crippen molar-refractivity contribution in [3.8, 4) is 28.2 Å². The van der Waals surface area contributed by atoms with E-state index >= 15 is 4.39 Å². The van der Waals surface area contributed by atoms with Crippen molar-refractivity contribution in [2.75, 3.05) is 26.7 Å². The minimum atomic E-state index is -0.658. The number of nitrogens with zero attached hydrogens (tertiary/aromatic N) is 6. The first-order valence-corrected chi connectivity index (χ1v) is 16.7. The Balaban J connectivity index is 1.22. The van der Waals surface area contributed by atoms with Gasteiger partial charge < -0.3 is 10.6 Å². The third-order valence-corrected chi connectivity index (χ3v) is 10.4. The Bertz CT molecular complexity index is 1730. The summed E-state index contributed by atoms with van der Waals surface area (Å²) in [6, 6.07) is 15.1. The average molecular weight is 646 g/mol. The van der Waals surface area contributed by atoms with E-state index in [0.29, 0.717) is 35.3 Å². The predicted molar refractivity (Wildman–Crippen MR) is 177 cm³/mol. The van der Waals surface area contributed by atoms with Crippen molar-refractivity contribution in [1.82, 2.24) is 45.6 Å². The van der Waals surface area contributed by atoms with E-state index in [1.54, 1.807) is 23.2 Å². The molecule has 46 heavy (non-hydrogen) atoms. The number of nitrogens with one attached hydrogen (secondary N) is 3. The Morgan fingerprint density at radius 2 is 1.85 bits per heavy atom. The number of piperidine rings is 1. The zero-order chi connectivity index (χ0) is 31.8. The second-order valence-corrected chi connectivity index (χ2v) is 13.5. The summed E-state index contributed by atoms with van der Waals surface area (Å²) in [5.74, 6) is 0.352. The average Bonchev–Trinajstić information content (AvgIpc) is 3.71. The van der Waals surface area contributed by atoms with Crippen molar-refractivity contribution in [2.24, 2.45) is 11.8 Å². The van der Waals surface area contributed by atoms with Crippen LogP contribution < -0.4 is 21.6 Å². The molecule has 2 aromatic carbocycles. The second-order valence-electron chi connectivity index (χ2n) is 13.1. The molecule has 2 bridgehead atoms. The molecule has 4 unspecified atom stereocenters. The molecule has 0 amide bonds. The maximum absolute atomic E-state index is 15.8. The molecule has 7 rings (SSSR count). The van der Waals surface area contributed by atoms with Crippen LogP contribution in [-0.2, 0) is 0 Å². The number of halogens is 2. The molecule has 0 spiro atoms. The van der Waals surface area contributed by atoms with E-state index in [9.17, 15) is 4.79 Å². The second kappa shape index (κ2) is 13.3. The van der Waals surface area contributed by atoms with Gasteiger partial charge in [-0.1, -0.05) is 60.5 Å². The minimum Gasteiger partial charge on any atom is -0.312 e. The molecule has 6 atom stereocenters. The van der Waals surface area contributed by atoms with Crippen LogP contribution in [0, 0.1) is 17.7 Å². The number of aromatic nitrogens is 5. The fraction of sp³-hybridized carbons (Fsp3) is 0.471. The van der Waals surface area contributed by atoms with Crippen molar-refractivity contribution in [3.63, 3.8) is 0 Å². The number of likely N-dealkylation sites (N-methyl/N-ethyl adjacent to an activating group) is 1. The Labute approximate surface area is 273 Å². The number of hydrogen-bond donors (Lipinski definition) is 3. The first-order valence-electron chi connectivity index (χ1n) is 16.3. The summed E-state index contributed by atoms with van der Waals surface area (Å²) in [6.07, 6.45) is 8.31. The molecule has 4 aromatic rings. The summed E-state index contributed by atoms with van der Waals surface area (Å²) in [4.78, 5) is 18.7. The van der Waals surface area contributed by atoms with Crippen molar-refractivity contribution in [3.05, 3.63) is 82.2 Å². The van der Waals surface area contributed by atoms with Crippen LogP contribution in [0.4, 0.5) is 4.39 Å². The fourth-order valence-corrected chi connectivity index (χ4v) is 7.88. The lowest BCUT2D eigenvalue weighted by Crippen LogP contribution is -2.54. The Morgan fingerprint density at radius 3 is 2.67 bits per heavy atom. The fourth-order valence-electron chi connectivity index (χ4n) is 7.72. The van der Waals surface area contributed by atoms with E-state index in [-0.39, 0.29) is 33.9 Å². The lowest BCUT2D eigenvalue weighted by Gasteiger charge is -2.42. The zero-order valence-electron chi connectivity index (χ0n) is 26.2. The van der Waals surface area contributed by atoms with Crippen LogP contribution in [-0.4, -0.2) is 74.4 Å². The highest BCUT2D eigenvalue weighted by atomic mass is 35.5. The minimum absolute atomic E-state index is 0.0572. The highest BCUT2D eigenvalue weighted by Crippen LogP contribution is 2.35. The molecule has 10 nitrogen and oxygen atoms in total. The van der Waals surface area contributed by atoms with E-state index in [4.69, 9.17) is 16.6 Å². The highest BCUT2D eigenvalue weighted by Gasteiger charge is 2.41. The first kappa shape index (κ1) is 31.1. The molecule has 3 fully saturated rings. The molecule has 3 saturated heterocycles. The molecule has 0 aliphatic carbocycles. The molecule has 242 valence electrons. The van der Waals surface area contributed by atoms with E-state index in [1.165, 1.54) is 16.8 Å². The number of benzene rings is 2. The van der Waals surface area contributed by atoms with Crippen LogP contribution in [0.1, 0.15) is 45.1 Å². The molecule has 3 aliphatic heterocycles. The summed E-state index contributed by atoms with van der Waals surface area (Å²) in [7, 11) is 2.15. The van der Waals surface area contributed by atoms with Crippen LogP contribution in [0.3, 0.4) is 0 Å². The summed E-state index contributed by atoms with van der Waals surface area (Å²) in [5.41, 5.74) is 5.58. The van der Waals surface area contributed by atoms with Gasteiger partial charge in [0.1, 0.15) is 5.69 Å². The summed E-state index contributed by atoms with van der Waals surface area (Å²) in [5, 5.41) is 18.4. The van der Waals surface area contributed by atoms with Crippen molar-refractivity contribution in [1.29, 1.82) is 0 Å². The Kier molecular flexibility index (Phi) is 9.02. The topological polar surface area (TPSA) is 105 Å². The van der Waals surface area contributed by atoms with Crippen molar-refractivity contribution in [2.45, 2.75) is 63.2 Å². The van der Waals surface area contributed by atoms with Gasteiger partial charge in [0.2, 0.25) is 0 Å². The van der Waals surface area contributed by atoms with Crippen LogP contribution in [0.2, 0.25) is 5.02 Å². The molecule has 0 radical (unpaired) electrons. The third kappa shape index (κ3) is 6.14. The smallest absolute Gasteiger partial charge is 0.254 e. The van der Waals surface area contributed by atoms with Gasteiger partial charge in [-0.15, -0.1) is 5.10 Å². The lowest BCUT2D eigenvalue weighted by atomic mass is 9.80. The molecule has 0 saturated carbocycles. The number of hydrogen-bond acceptors (Lipinski definition) is 8. The van der Waals surface area contributed by atoms with Crippen LogP contribution in [0.15, 0.2) is 65.8 Å². The molecule has 12 heteroatoms. The number of fused-ring (bicyclic) bond motifs is 4. The van der Waals surface area contributed by atoms with Gasteiger partial charge in [-0.2, -0.15) is 0 Å². The summed E-state index contributed by atoms with van der Waals surface area (Å²) in [6.45, 7) is 5.12. The van der Waals surface area contributed by atoms with E-state index < -0.39 is 5.82 Å². The largest absolute Gasteiger partial charge is 0.312 e. The Morgan fingerprint density at radius 1 is 1.00 bits per heavy atom. The SMILES string of the molecule is C[C@@H]1CCC[C@H](n2cnc(-c3c(-n4cc(-c5ccccc5)nn4)ccc(Cl)c3F)cc2=O)C2CC(CCN2)C2C(CNN2C)NC1. The van der Waals surface area contributed by atoms with E-state index in [2.05, 4.69) is 45.4 Å². The van der Waals surface area contributed by atoms with Gasteiger partial charge in [0, 0.05) is 43.3 Å². The van der Waals surface area contributed by atoms with Gasteiger partial charge in [0.25, 0.3) is 5.56 Å². The van der Waals surface area contributed by atoms with Gasteiger partial charge in [-0.3, -0.25) is 14.8 Å². The number of rotatable bonds is 4. The summed E-state index contributed by atoms with van der Waals surface area (Å²) < 4.78 is 19.0. The first-order chi connectivity index (χ1) is 22.4. The van der Waals surface area contributed by atoms with E-state index in [1.807, 2.05) is 30.3 Å². The van der Waals surface area contributed by atoms with Gasteiger partial charge in [-0.05, 0) is 62.7 Å². The van der Waals surface area contributed by atoms with Crippen LogP contribution in [0.5, 0.6) is 0 Å². The van der Waals surface area contributed by atoms with Crippen molar-refractivity contribution >= 4 is 11.6 Å². The van der Waals surface area contributed by atoms with Crippen LogP contribution >= 0.6 is 11.6 Å². The van der Waals surface area contributed by atoms with E-state index in [0.717, 1.165) is 57.3 Å². The molecular formula is C34H41ClFN9O. The molecule has 5 heterocycles. The maximum atomic E-state index is 15.8. The van der Waals surface area contributed by atoms with Crippen LogP contribution in [0.25, 0.3) is 28.2 Å². The van der Waals surface area contributed by atoms with Crippen molar-refractivity contribution < 1.29 is 4.39 Å². The lowest BCUT2D eigenvalue weighted by molar-refractivity contribution is 0.108. The molecular weight excluding hydrogens is 605 g/mol. The maximum Gasteiger partial charge on any atom is 0.254 e. The van der Waals surface area contributed by atoms with Gasteiger partial charge >= 0.3 is 0 Å². The summed E-state index contributed by atoms with van der Waals surface area (Å²) >= 11 is 6.27. The Hall–Kier alpha value is -3.48. The third-order valence-electron chi connectivity index (χ3n) is 10.1. The van der Waals surface area contributed by atoms with Gasteiger partial charge in [-0.25, -0.2) is 19.1 Å². The highest BCUT2D eigenvalue weighted by molar-refractivity contribution is 6.31. The zero-order valence-corrected chi connectivity index (χ0v) is 27.0. The molecule has 3 aliphatic rings. The quantitative estimate of drug-likeness (QED) is 0.299. The predicted octanol–water partition coefficient (Wildman–Crippen LogP) is 4.46. The molecule has 2 aromatic heterocycles. The number of hydrazine groups is 1. The standard InChI is InChI=1S/C34H41ClFN9O/c1-21-7-6-10-29(25-15-23(13-14-37-25)34-27(38-17-21)18-40-43(34)2)44-20-39-26(16-31(44)46)32-30(12-11-24(35)33(32)36)45-19-28(41-42-45)22-8-4-3-5-9-22/h3-5,8-9,11-12,16,19-21,23,25,27,29,34,37-38,40H,6-7,10,13-15,17-18H2,1-2H3/t21-,23?,25?,27?,29+,34?/m1/s1. The monoisotopic (exact) mass is 645 g/mol. The van der Waals surface area contributed by atoms with Gasteiger partial charge in [0.15, 0.2) is 5.82 Å². The molecule has 3 N–H and O–H groups in total. The van der Waals surface area contributed by atoms with Gasteiger partial charge in [0.05, 0.1) is 40.5 Å².